The third-order valence-corrected chi connectivity index (χ3v) is 3.20. The SMILES string of the molecule is Cc1cnc(Nc2ccc3cnccc3c2)cc1N(O)O. The largest absolute Gasteiger partial charge is 0.340 e. The molecule has 1 aromatic carbocycles. The number of nitrogens with zero attached hydrogens (tertiary/aromatic N) is 3. The van der Waals surface area contributed by atoms with Gasteiger partial charge in [-0.3, -0.25) is 15.4 Å². The van der Waals surface area contributed by atoms with E-state index in [4.69, 9.17) is 10.4 Å². The maximum Gasteiger partial charge on any atom is 0.132 e. The second-order valence-electron chi connectivity index (χ2n) is 4.71. The third-order valence-electron chi connectivity index (χ3n) is 3.20. The monoisotopic (exact) mass is 282 g/mol. The first-order valence-corrected chi connectivity index (χ1v) is 6.39. The fraction of sp³-hybridized carbons (Fsp3) is 0.0667. The van der Waals surface area contributed by atoms with E-state index >= 15 is 0 Å². The van der Waals surface area contributed by atoms with Gasteiger partial charge in [-0.2, -0.15) is 0 Å². The number of aromatic nitrogens is 2. The minimum atomic E-state index is 0.0915. The van der Waals surface area contributed by atoms with Crippen LogP contribution in [0.1, 0.15) is 5.56 Å². The molecule has 0 saturated heterocycles. The molecule has 106 valence electrons. The van der Waals surface area contributed by atoms with Crippen molar-refractivity contribution in [1.82, 2.24) is 9.97 Å². The highest BCUT2D eigenvalue weighted by atomic mass is 16.8. The number of aryl methyl sites for hydroxylation is 1. The van der Waals surface area contributed by atoms with Crippen LogP contribution in [0.5, 0.6) is 0 Å². The molecule has 0 aliphatic rings. The van der Waals surface area contributed by atoms with E-state index in [1.165, 1.54) is 0 Å². The lowest BCUT2D eigenvalue weighted by atomic mass is 10.1. The summed E-state index contributed by atoms with van der Waals surface area (Å²) in [5.74, 6) is 0.525. The maximum atomic E-state index is 9.16. The quantitative estimate of drug-likeness (QED) is 0.640. The second-order valence-corrected chi connectivity index (χ2v) is 4.71. The van der Waals surface area contributed by atoms with Gasteiger partial charge in [0.15, 0.2) is 0 Å². The molecule has 0 spiro atoms. The Morgan fingerprint density at radius 3 is 2.71 bits per heavy atom. The molecule has 0 amide bonds. The zero-order valence-corrected chi connectivity index (χ0v) is 11.4. The molecule has 0 aliphatic heterocycles. The van der Waals surface area contributed by atoms with E-state index in [9.17, 15) is 0 Å². The van der Waals surface area contributed by atoms with Gasteiger partial charge in [0.05, 0.1) is 0 Å². The molecule has 3 rings (SSSR count). The van der Waals surface area contributed by atoms with Gasteiger partial charge >= 0.3 is 0 Å². The number of fused-ring (bicyclic) bond motifs is 1. The summed E-state index contributed by atoms with van der Waals surface area (Å²) in [5, 5.41) is 23.7. The Hall–Kier alpha value is -2.70. The van der Waals surface area contributed by atoms with Gasteiger partial charge in [-0.25, -0.2) is 4.98 Å². The van der Waals surface area contributed by atoms with Gasteiger partial charge < -0.3 is 5.32 Å². The molecule has 0 atom stereocenters. The molecule has 0 saturated carbocycles. The molecule has 6 nitrogen and oxygen atoms in total. The van der Waals surface area contributed by atoms with Crippen LogP contribution in [0.4, 0.5) is 17.2 Å². The summed E-state index contributed by atoms with van der Waals surface area (Å²) in [6, 6.07) is 9.35. The lowest BCUT2D eigenvalue weighted by molar-refractivity contribution is 0.0288. The van der Waals surface area contributed by atoms with Crippen molar-refractivity contribution in [3.63, 3.8) is 0 Å². The molecular formula is C15H14N4O2. The number of pyridine rings is 2. The predicted molar refractivity (Wildman–Crippen MR) is 80.1 cm³/mol. The molecule has 0 fully saturated rings. The van der Waals surface area contributed by atoms with Crippen molar-refractivity contribution in [3.8, 4) is 0 Å². The Balaban J connectivity index is 1.93. The van der Waals surface area contributed by atoms with E-state index in [0.29, 0.717) is 11.4 Å². The summed E-state index contributed by atoms with van der Waals surface area (Å²) in [6.45, 7) is 1.74. The van der Waals surface area contributed by atoms with E-state index < -0.39 is 0 Å². The van der Waals surface area contributed by atoms with Crippen molar-refractivity contribution in [2.45, 2.75) is 6.92 Å². The van der Waals surface area contributed by atoms with Gasteiger partial charge in [-0.05, 0) is 36.1 Å². The van der Waals surface area contributed by atoms with E-state index in [-0.39, 0.29) is 10.9 Å². The van der Waals surface area contributed by atoms with E-state index in [0.717, 1.165) is 16.5 Å². The van der Waals surface area contributed by atoms with Gasteiger partial charge in [-0.1, -0.05) is 6.07 Å². The first-order valence-electron chi connectivity index (χ1n) is 6.39. The van der Waals surface area contributed by atoms with Crippen LogP contribution in [0.3, 0.4) is 0 Å². The standard InChI is InChI=1S/C15H14N4O2/c1-10-8-17-15(7-14(10)19(20)21)18-13-3-2-12-9-16-5-4-11(12)6-13/h2-9,20-21H,1H3,(H,17,18). The molecule has 6 heteroatoms. The van der Waals surface area contributed by atoms with Gasteiger partial charge in [0.25, 0.3) is 0 Å². The maximum absolute atomic E-state index is 9.16. The van der Waals surface area contributed by atoms with E-state index in [2.05, 4.69) is 15.3 Å². The van der Waals surface area contributed by atoms with Crippen molar-refractivity contribution in [1.29, 1.82) is 0 Å². The van der Waals surface area contributed by atoms with Crippen LogP contribution < -0.4 is 10.5 Å². The third kappa shape index (κ3) is 2.76. The molecular weight excluding hydrogens is 268 g/mol. The van der Waals surface area contributed by atoms with E-state index in [1.54, 1.807) is 31.6 Å². The predicted octanol–water partition coefficient (Wildman–Crippen LogP) is 3.27. The highest BCUT2D eigenvalue weighted by Crippen LogP contribution is 2.24. The number of hydrogen-bond acceptors (Lipinski definition) is 6. The summed E-state index contributed by atoms with van der Waals surface area (Å²) in [4.78, 5) is 8.30. The summed E-state index contributed by atoms with van der Waals surface area (Å²) >= 11 is 0. The molecule has 3 aromatic rings. The molecule has 0 aliphatic carbocycles. The first kappa shape index (κ1) is 13.3. The van der Waals surface area contributed by atoms with Gasteiger partial charge in [-0.15, -0.1) is 5.23 Å². The number of rotatable bonds is 3. The zero-order valence-electron chi connectivity index (χ0n) is 11.4. The number of hydrogen-bond donors (Lipinski definition) is 3. The van der Waals surface area contributed by atoms with Crippen LogP contribution in [-0.2, 0) is 0 Å². The Morgan fingerprint density at radius 2 is 1.90 bits per heavy atom. The van der Waals surface area contributed by atoms with E-state index in [1.807, 2.05) is 24.3 Å². The van der Waals surface area contributed by atoms with Crippen LogP contribution in [0.15, 0.2) is 48.9 Å². The Labute approximate surface area is 121 Å². The smallest absolute Gasteiger partial charge is 0.132 e. The molecule has 0 bridgehead atoms. The highest BCUT2D eigenvalue weighted by molar-refractivity contribution is 5.85. The Bertz CT molecular complexity index is 789. The van der Waals surface area contributed by atoms with Crippen molar-refractivity contribution < 1.29 is 10.4 Å². The molecule has 2 heterocycles. The number of nitrogens with one attached hydrogen (secondary N) is 1. The summed E-state index contributed by atoms with van der Waals surface area (Å²) in [7, 11) is 0. The molecule has 0 unspecified atom stereocenters. The highest BCUT2D eigenvalue weighted by Gasteiger charge is 2.07. The molecule has 21 heavy (non-hydrogen) atoms. The number of benzene rings is 1. The normalized spacial score (nSPS) is 10.6. The minimum absolute atomic E-state index is 0.0915. The average molecular weight is 282 g/mol. The Kier molecular flexibility index (Phi) is 3.39. The van der Waals surface area contributed by atoms with Crippen LogP contribution in [0, 0.1) is 6.92 Å². The van der Waals surface area contributed by atoms with Gasteiger partial charge in [0.1, 0.15) is 11.5 Å². The van der Waals surface area contributed by atoms with Crippen LogP contribution in [0.2, 0.25) is 0 Å². The van der Waals surface area contributed by atoms with Crippen molar-refractivity contribution in [3.05, 3.63) is 54.5 Å². The molecule has 3 N–H and O–H groups in total. The van der Waals surface area contributed by atoms with Crippen molar-refractivity contribution >= 4 is 28.0 Å². The zero-order chi connectivity index (χ0) is 14.8. The fourth-order valence-electron chi connectivity index (χ4n) is 2.11. The van der Waals surface area contributed by atoms with Crippen LogP contribution >= 0.6 is 0 Å². The topological polar surface area (TPSA) is 81.5 Å². The summed E-state index contributed by atoms with van der Waals surface area (Å²) in [6.07, 6.45) is 5.11. The Morgan fingerprint density at radius 1 is 1.05 bits per heavy atom. The molecule has 2 aromatic heterocycles. The van der Waals surface area contributed by atoms with Crippen molar-refractivity contribution in [2.24, 2.45) is 0 Å². The summed E-state index contributed by atoms with van der Waals surface area (Å²) in [5.41, 5.74) is 1.80. The van der Waals surface area contributed by atoms with Gasteiger partial charge in [0.2, 0.25) is 0 Å². The first-order chi connectivity index (χ1) is 10.1. The fourth-order valence-corrected chi connectivity index (χ4v) is 2.11. The summed E-state index contributed by atoms with van der Waals surface area (Å²) < 4.78 is 0. The van der Waals surface area contributed by atoms with Crippen LogP contribution in [0.25, 0.3) is 10.8 Å². The number of anilines is 3. The molecule has 0 radical (unpaired) electrons. The van der Waals surface area contributed by atoms with Gasteiger partial charge in [0, 0.05) is 35.7 Å². The minimum Gasteiger partial charge on any atom is -0.340 e. The average Bonchev–Trinajstić information content (AvgIpc) is 2.49. The van der Waals surface area contributed by atoms with Crippen molar-refractivity contribution in [2.75, 3.05) is 10.5 Å². The lowest BCUT2D eigenvalue weighted by Crippen LogP contribution is -2.13. The second kappa shape index (κ2) is 5.35. The van der Waals surface area contributed by atoms with Crippen LogP contribution in [-0.4, -0.2) is 20.4 Å². The lowest BCUT2D eigenvalue weighted by Gasteiger charge is -2.13.